The standard InChI is InChI=1S/C12H23N3O2/c1-9(12(3,4)5)8-15-11(17)14-7-6-13-10(2)16/h8H,6-7H2,1-5H3,(H,13,16)(H2,14,15,17)/b9-8+. The highest BCUT2D eigenvalue weighted by Gasteiger charge is 2.12. The third-order valence-corrected chi connectivity index (χ3v) is 2.39. The first kappa shape index (κ1) is 15.5. The van der Waals surface area contributed by atoms with Crippen molar-refractivity contribution in [3.05, 3.63) is 11.8 Å². The monoisotopic (exact) mass is 241 g/mol. The first-order chi connectivity index (χ1) is 7.73. The summed E-state index contributed by atoms with van der Waals surface area (Å²) in [6, 6.07) is -0.265. The Bertz CT molecular complexity index is 303. The molecule has 0 spiro atoms. The van der Waals surface area contributed by atoms with Gasteiger partial charge in [-0.05, 0) is 12.3 Å². The van der Waals surface area contributed by atoms with Gasteiger partial charge in [0.05, 0.1) is 0 Å². The van der Waals surface area contributed by atoms with Crippen molar-refractivity contribution < 1.29 is 9.59 Å². The maximum atomic E-state index is 11.3. The molecular formula is C12H23N3O2. The summed E-state index contributed by atoms with van der Waals surface area (Å²) in [6.45, 7) is 10.5. The molecule has 0 saturated heterocycles. The molecule has 3 amide bonds. The highest BCUT2D eigenvalue weighted by Crippen LogP contribution is 2.23. The van der Waals surface area contributed by atoms with Gasteiger partial charge in [-0.1, -0.05) is 26.3 Å². The molecule has 0 heterocycles. The molecule has 0 fully saturated rings. The minimum Gasteiger partial charge on any atom is -0.355 e. The predicted molar refractivity (Wildman–Crippen MR) is 68.4 cm³/mol. The minimum absolute atomic E-state index is 0.0451. The summed E-state index contributed by atoms with van der Waals surface area (Å²) in [5, 5.41) is 7.88. The van der Waals surface area contributed by atoms with Crippen molar-refractivity contribution in [2.24, 2.45) is 5.41 Å². The van der Waals surface area contributed by atoms with Crippen LogP contribution in [-0.2, 0) is 4.79 Å². The Morgan fingerprint density at radius 1 is 1.06 bits per heavy atom. The molecule has 17 heavy (non-hydrogen) atoms. The average Bonchev–Trinajstić information content (AvgIpc) is 2.19. The highest BCUT2D eigenvalue weighted by molar-refractivity contribution is 5.75. The molecule has 0 atom stereocenters. The third-order valence-electron chi connectivity index (χ3n) is 2.39. The fourth-order valence-corrected chi connectivity index (χ4v) is 0.856. The fourth-order valence-electron chi connectivity index (χ4n) is 0.856. The van der Waals surface area contributed by atoms with Crippen LogP contribution in [0.25, 0.3) is 0 Å². The van der Waals surface area contributed by atoms with E-state index in [0.717, 1.165) is 5.57 Å². The zero-order valence-corrected chi connectivity index (χ0v) is 11.3. The SMILES string of the molecule is CC(=O)NCCNC(=O)N/C=C(\C)C(C)(C)C. The maximum absolute atomic E-state index is 11.3. The molecule has 0 unspecified atom stereocenters. The van der Waals surface area contributed by atoms with Crippen LogP contribution in [0.5, 0.6) is 0 Å². The average molecular weight is 241 g/mol. The molecule has 3 N–H and O–H groups in total. The first-order valence-electron chi connectivity index (χ1n) is 5.69. The normalized spacial score (nSPS) is 11.9. The summed E-state index contributed by atoms with van der Waals surface area (Å²) in [7, 11) is 0. The second kappa shape index (κ2) is 6.93. The third kappa shape index (κ3) is 8.30. The molecule has 5 nitrogen and oxygen atoms in total. The van der Waals surface area contributed by atoms with Crippen molar-refractivity contribution in [3.63, 3.8) is 0 Å². The van der Waals surface area contributed by atoms with Crippen LogP contribution in [0.2, 0.25) is 0 Å². The van der Waals surface area contributed by atoms with Crippen molar-refractivity contribution in [2.45, 2.75) is 34.6 Å². The second-order valence-corrected chi connectivity index (χ2v) is 4.96. The van der Waals surface area contributed by atoms with Crippen LogP contribution in [0.15, 0.2) is 11.8 Å². The van der Waals surface area contributed by atoms with Gasteiger partial charge in [0.15, 0.2) is 0 Å². The van der Waals surface area contributed by atoms with Gasteiger partial charge in [-0.2, -0.15) is 0 Å². The van der Waals surface area contributed by atoms with Crippen molar-refractivity contribution in [2.75, 3.05) is 13.1 Å². The Morgan fingerprint density at radius 2 is 1.59 bits per heavy atom. The number of urea groups is 1. The summed E-state index contributed by atoms with van der Waals surface area (Å²) in [6.07, 6.45) is 1.70. The lowest BCUT2D eigenvalue weighted by molar-refractivity contribution is -0.118. The Kier molecular flexibility index (Phi) is 6.31. The van der Waals surface area contributed by atoms with Gasteiger partial charge < -0.3 is 16.0 Å². The molecule has 5 heteroatoms. The number of carbonyl (C=O) groups excluding carboxylic acids is 2. The molecule has 0 aromatic carbocycles. The molecular weight excluding hydrogens is 218 g/mol. The largest absolute Gasteiger partial charge is 0.355 e. The fraction of sp³-hybridized carbons (Fsp3) is 0.667. The van der Waals surface area contributed by atoms with E-state index in [1.54, 1.807) is 6.20 Å². The molecule has 0 aliphatic carbocycles. The molecule has 0 aliphatic heterocycles. The van der Waals surface area contributed by atoms with E-state index in [2.05, 4.69) is 36.7 Å². The van der Waals surface area contributed by atoms with E-state index in [1.165, 1.54) is 6.92 Å². The topological polar surface area (TPSA) is 70.2 Å². The molecule has 0 bridgehead atoms. The van der Waals surface area contributed by atoms with Gasteiger partial charge in [0.25, 0.3) is 0 Å². The van der Waals surface area contributed by atoms with Gasteiger partial charge >= 0.3 is 6.03 Å². The van der Waals surface area contributed by atoms with Crippen LogP contribution in [0, 0.1) is 5.41 Å². The van der Waals surface area contributed by atoms with Crippen LogP contribution in [0.1, 0.15) is 34.6 Å². The van der Waals surface area contributed by atoms with E-state index in [-0.39, 0.29) is 17.4 Å². The summed E-state index contributed by atoms with van der Waals surface area (Å²) in [5.41, 5.74) is 1.14. The number of nitrogens with one attached hydrogen (secondary N) is 3. The molecule has 0 aromatic heterocycles. The van der Waals surface area contributed by atoms with Crippen molar-refractivity contribution in [3.8, 4) is 0 Å². The number of hydrogen-bond donors (Lipinski definition) is 3. The first-order valence-corrected chi connectivity index (χ1v) is 5.69. The Balaban J connectivity index is 3.84. The highest BCUT2D eigenvalue weighted by atomic mass is 16.2. The van der Waals surface area contributed by atoms with Gasteiger partial charge in [-0.15, -0.1) is 0 Å². The summed E-state index contributed by atoms with van der Waals surface area (Å²) >= 11 is 0. The van der Waals surface area contributed by atoms with Crippen LogP contribution < -0.4 is 16.0 Å². The number of hydrogen-bond acceptors (Lipinski definition) is 2. The molecule has 0 rings (SSSR count). The van der Waals surface area contributed by atoms with Crippen molar-refractivity contribution in [1.82, 2.24) is 16.0 Å². The number of rotatable bonds is 4. The minimum atomic E-state index is -0.265. The van der Waals surface area contributed by atoms with Gasteiger partial charge in [0.1, 0.15) is 0 Å². The van der Waals surface area contributed by atoms with E-state index >= 15 is 0 Å². The lowest BCUT2D eigenvalue weighted by Gasteiger charge is -2.19. The number of amides is 3. The van der Waals surface area contributed by atoms with Gasteiger partial charge in [-0.25, -0.2) is 4.79 Å². The summed E-state index contributed by atoms with van der Waals surface area (Å²) < 4.78 is 0. The Hall–Kier alpha value is -1.52. The zero-order chi connectivity index (χ0) is 13.5. The van der Waals surface area contributed by atoms with E-state index in [9.17, 15) is 9.59 Å². The van der Waals surface area contributed by atoms with E-state index in [0.29, 0.717) is 13.1 Å². The van der Waals surface area contributed by atoms with Crippen LogP contribution in [-0.4, -0.2) is 25.0 Å². The lowest BCUT2D eigenvalue weighted by atomic mass is 9.88. The quantitative estimate of drug-likeness (QED) is 0.651. The smallest absolute Gasteiger partial charge is 0.318 e. The van der Waals surface area contributed by atoms with Crippen LogP contribution >= 0.6 is 0 Å². The number of allylic oxidation sites excluding steroid dienone is 1. The van der Waals surface area contributed by atoms with E-state index in [1.807, 2.05) is 6.92 Å². The Labute approximate surface area is 103 Å². The Morgan fingerprint density at radius 3 is 2.06 bits per heavy atom. The molecule has 98 valence electrons. The second-order valence-electron chi connectivity index (χ2n) is 4.96. The lowest BCUT2D eigenvalue weighted by Crippen LogP contribution is -2.38. The maximum Gasteiger partial charge on any atom is 0.318 e. The van der Waals surface area contributed by atoms with E-state index < -0.39 is 0 Å². The predicted octanol–water partition coefficient (Wildman–Crippen LogP) is 1.37. The zero-order valence-electron chi connectivity index (χ0n) is 11.3. The van der Waals surface area contributed by atoms with Gasteiger partial charge in [0.2, 0.25) is 5.91 Å². The van der Waals surface area contributed by atoms with Crippen molar-refractivity contribution >= 4 is 11.9 Å². The van der Waals surface area contributed by atoms with Crippen LogP contribution in [0.4, 0.5) is 4.79 Å². The summed E-state index contributed by atoms with van der Waals surface area (Å²) in [4.78, 5) is 21.9. The number of carbonyl (C=O) groups is 2. The van der Waals surface area contributed by atoms with E-state index in [4.69, 9.17) is 0 Å². The molecule has 0 radical (unpaired) electrons. The molecule has 0 aliphatic rings. The summed E-state index contributed by atoms with van der Waals surface area (Å²) in [5.74, 6) is -0.101. The molecule has 0 saturated carbocycles. The van der Waals surface area contributed by atoms with Crippen molar-refractivity contribution in [1.29, 1.82) is 0 Å². The van der Waals surface area contributed by atoms with Gasteiger partial charge in [0, 0.05) is 26.2 Å². The van der Waals surface area contributed by atoms with Crippen LogP contribution in [0.3, 0.4) is 0 Å². The molecule has 0 aromatic rings. The van der Waals surface area contributed by atoms with Gasteiger partial charge in [-0.3, -0.25) is 4.79 Å².